The Kier molecular flexibility index (Phi) is 4.15. The van der Waals surface area contributed by atoms with E-state index in [2.05, 4.69) is 9.71 Å². The van der Waals surface area contributed by atoms with E-state index in [4.69, 9.17) is 10.5 Å². The first-order valence-electron chi connectivity index (χ1n) is 5.87. The van der Waals surface area contributed by atoms with Crippen molar-refractivity contribution in [1.29, 1.82) is 0 Å². The van der Waals surface area contributed by atoms with E-state index in [1.807, 2.05) is 0 Å². The molecule has 0 amide bonds. The van der Waals surface area contributed by atoms with Gasteiger partial charge in [-0.1, -0.05) is 0 Å². The minimum atomic E-state index is -3.48. The standard InChI is InChI=1S/C11H17N3O3S/c12-11-2-1-10(7-13-11)18(15,16)14-5-3-9-4-6-17-8-9/h1-2,7,9,14H,3-6,8H2,(H2,12,13). The van der Waals surface area contributed by atoms with Crippen molar-refractivity contribution < 1.29 is 13.2 Å². The number of pyridine rings is 1. The molecule has 0 aliphatic carbocycles. The fourth-order valence-corrected chi connectivity index (χ4v) is 2.83. The fraction of sp³-hybridized carbons (Fsp3) is 0.545. The topological polar surface area (TPSA) is 94.3 Å². The molecular weight excluding hydrogens is 254 g/mol. The molecule has 0 radical (unpaired) electrons. The van der Waals surface area contributed by atoms with Crippen LogP contribution in [0.5, 0.6) is 0 Å². The zero-order valence-electron chi connectivity index (χ0n) is 10.0. The maximum absolute atomic E-state index is 11.9. The minimum absolute atomic E-state index is 0.138. The van der Waals surface area contributed by atoms with Crippen molar-refractivity contribution in [2.24, 2.45) is 5.92 Å². The Morgan fingerprint density at radius 1 is 1.50 bits per heavy atom. The van der Waals surface area contributed by atoms with E-state index in [0.717, 1.165) is 26.1 Å². The molecule has 18 heavy (non-hydrogen) atoms. The zero-order chi connectivity index (χ0) is 13.0. The van der Waals surface area contributed by atoms with Gasteiger partial charge in [0.2, 0.25) is 10.0 Å². The summed E-state index contributed by atoms with van der Waals surface area (Å²) >= 11 is 0. The van der Waals surface area contributed by atoms with Crippen molar-refractivity contribution in [3.8, 4) is 0 Å². The molecule has 100 valence electrons. The number of hydrogen-bond acceptors (Lipinski definition) is 5. The molecule has 1 aliphatic heterocycles. The molecule has 1 aliphatic rings. The number of nitrogens with one attached hydrogen (secondary N) is 1. The Hall–Kier alpha value is -1.18. The zero-order valence-corrected chi connectivity index (χ0v) is 10.8. The number of rotatable bonds is 5. The maximum atomic E-state index is 11.9. The van der Waals surface area contributed by atoms with Crippen LogP contribution in [-0.4, -0.2) is 33.2 Å². The number of nitrogen functional groups attached to an aromatic ring is 1. The van der Waals surface area contributed by atoms with Gasteiger partial charge in [-0.05, 0) is 30.9 Å². The molecule has 2 heterocycles. The Balaban J connectivity index is 1.88. The summed E-state index contributed by atoms with van der Waals surface area (Å²) in [7, 11) is -3.48. The van der Waals surface area contributed by atoms with Crippen molar-refractivity contribution in [2.45, 2.75) is 17.7 Å². The fourth-order valence-electron chi connectivity index (χ4n) is 1.84. The summed E-state index contributed by atoms with van der Waals surface area (Å²) in [6.07, 6.45) is 3.06. The average molecular weight is 271 g/mol. The van der Waals surface area contributed by atoms with Crippen molar-refractivity contribution in [3.63, 3.8) is 0 Å². The van der Waals surface area contributed by atoms with E-state index in [1.165, 1.54) is 18.3 Å². The van der Waals surface area contributed by atoms with Crippen molar-refractivity contribution in [3.05, 3.63) is 18.3 Å². The third-order valence-corrected chi connectivity index (χ3v) is 4.38. The molecule has 6 nitrogen and oxygen atoms in total. The SMILES string of the molecule is Nc1ccc(S(=O)(=O)NCCC2CCOC2)cn1. The van der Waals surface area contributed by atoms with Crippen LogP contribution in [0.15, 0.2) is 23.2 Å². The Morgan fingerprint density at radius 3 is 2.94 bits per heavy atom. The van der Waals surface area contributed by atoms with Crippen LogP contribution in [-0.2, 0) is 14.8 Å². The molecular formula is C11H17N3O3S. The lowest BCUT2D eigenvalue weighted by molar-refractivity contribution is 0.184. The van der Waals surface area contributed by atoms with Gasteiger partial charge in [0.15, 0.2) is 0 Å². The highest BCUT2D eigenvalue weighted by molar-refractivity contribution is 7.89. The first kappa shape index (κ1) is 13.3. The summed E-state index contributed by atoms with van der Waals surface area (Å²) in [5.41, 5.74) is 5.41. The molecule has 0 bridgehead atoms. The van der Waals surface area contributed by atoms with Crippen LogP contribution in [0, 0.1) is 5.92 Å². The molecule has 2 rings (SSSR count). The summed E-state index contributed by atoms with van der Waals surface area (Å²) in [6, 6.07) is 2.92. The van der Waals surface area contributed by atoms with Crippen molar-refractivity contribution in [1.82, 2.24) is 9.71 Å². The van der Waals surface area contributed by atoms with Gasteiger partial charge in [-0.2, -0.15) is 0 Å². The van der Waals surface area contributed by atoms with Gasteiger partial charge in [-0.15, -0.1) is 0 Å². The van der Waals surface area contributed by atoms with Gasteiger partial charge in [-0.3, -0.25) is 0 Å². The molecule has 1 saturated heterocycles. The van der Waals surface area contributed by atoms with Gasteiger partial charge in [0.25, 0.3) is 0 Å². The van der Waals surface area contributed by atoms with Crippen LogP contribution in [0.4, 0.5) is 5.82 Å². The molecule has 1 aromatic rings. The van der Waals surface area contributed by atoms with E-state index in [0.29, 0.717) is 18.3 Å². The third kappa shape index (κ3) is 3.41. The quantitative estimate of drug-likeness (QED) is 0.807. The van der Waals surface area contributed by atoms with Gasteiger partial charge in [0.05, 0.1) is 0 Å². The number of sulfonamides is 1. The monoisotopic (exact) mass is 271 g/mol. The summed E-state index contributed by atoms with van der Waals surface area (Å²) < 4.78 is 31.6. The lowest BCUT2D eigenvalue weighted by Gasteiger charge is -2.09. The van der Waals surface area contributed by atoms with Gasteiger partial charge < -0.3 is 10.5 Å². The molecule has 1 unspecified atom stereocenters. The van der Waals surface area contributed by atoms with Gasteiger partial charge in [0, 0.05) is 26.0 Å². The Bertz CT molecular complexity index is 481. The highest BCUT2D eigenvalue weighted by atomic mass is 32.2. The van der Waals surface area contributed by atoms with Crippen molar-refractivity contribution in [2.75, 3.05) is 25.5 Å². The number of ether oxygens (including phenoxy) is 1. The number of hydrogen-bond donors (Lipinski definition) is 2. The third-order valence-electron chi connectivity index (χ3n) is 2.94. The lowest BCUT2D eigenvalue weighted by atomic mass is 10.1. The van der Waals surface area contributed by atoms with Gasteiger partial charge in [0.1, 0.15) is 10.7 Å². The molecule has 1 atom stereocenters. The second-order valence-corrected chi connectivity index (χ2v) is 6.10. The summed E-state index contributed by atoms with van der Waals surface area (Å²) in [6.45, 7) is 1.92. The van der Waals surface area contributed by atoms with Crippen LogP contribution >= 0.6 is 0 Å². The average Bonchev–Trinajstić information content (AvgIpc) is 2.82. The Labute approximate surface area is 107 Å². The number of nitrogens with two attached hydrogens (primary N) is 1. The van der Waals surface area contributed by atoms with E-state index < -0.39 is 10.0 Å². The maximum Gasteiger partial charge on any atom is 0.242 e. The van der Waals surface area contributed by atoms with Crippen LogP contribution in [0.2, 0.25) is 0 Å². The normalized spacial score (nSPS) is 20.1. The van der Waals surface area contributed by atoms with Gasteiger partial charge in [-0.25, -0.2) is 18.1 Å². The van der Waals surface area contributed by atoms with Crippen molar-refractivity contribution >= 4 is 15.8 Å². The molecule has 7 heteroatoms. The number of nitrogens with zero attached hydrogens (tertiary/aromatic N) is 1. The smallest absolute Gasteiger partial charge is 0.242 e. The van der Waals surface area contributed by atoms with E-state index >= 15 is 0 Å². The van der Waals surface area contributed by atoms with Crippen LogP contribution < -0.4 is 10.5 Å². The first-order chi connectivity index (χ1) is 8.58. The van der Waals surface area contributed by atoms with Crippen LogP contribution in [0.1, 0.15) is 12.8 Å². The Morgan fingerprint density at radius 2 is 2.33 bits per heavy atom. The summed E-state index contributed by atoms with van der Waals surface area (Å²) in [4.78, 5) is 3.91. The molecule has 0 saturated carbocycles. The molecule has 1 aromatic heterocycles. The summed E-state index contributed by atoms with van der Waals surface area (Å²) in [5.74, 6) is 0.759. The molecule has 1 fully saturated rings. The largest absolute Gasteiger partial charge is 0.384 e. The second kappa shape index (κ2) is 5.64. The second-order valence-electron chi connectivity index (χ2n) is 4.33. The van der Waals surface area contributed by atoms with Gasteiger partial charge >= 0.3 is 0 Å². The van der Waals surface area contributed by atoms with E-state index in [9.17, 15) is 8.42 Å². The first-order valence-corrected chi connectivity index (χ1v) is 7.35. The number of aromatic nitrogens is 1. The van der Waals surface area contributed by atoms with E-state index in [1.54, 1.807) is 0 Å². The highest BCUT2D eigenvalue weighted by Gasteiger charge is 2.18. The summed E-state index contributed by atoms with van der Waals surface area (Å²) in [5, 5.41) is 0. The predicted molar refractivity (Wildman–Crippen MR) is 67.4 cm³/mol. The van der Waals surface area contributed by atoms with Crippen LogP contribution in [0.3, 0.4) is 0 Å². The minimum Gasteiger partial charge on any atom is -0.384 e. The molecule has 0 spiro atoms. The highest BCUT2D eigenvalue weighted by Crippen LogP contribution is 2.16. The predicted octanol–water partition coefficient (Wildman–Crippen LogP) is 0.369. The molecule has 0 aromatic carbocycles. The molecule has 3 N–H and O–H groups in total. The van der Waals surface area contributed by atoms with Crippen LogP contribution in [0.25, 0.3) is 0 Å². The lowest BCUT2D eigenvalue weighted by Crippen LogP contribution is -2.26. The van der Waals surface area contributed by atoms with E-state index in [-0.39, 0.29) is 4.90 Å². The number of anilines is 1.